The lowest BCUT2D eigenvalue weighted by atomic mass is 10.0. The summed E-state index contributed by atoms with van der Waals surface area (Å²) in [7, 11) is 0. The number of carboxylic acid groups (broad SMARTS) is 1. The summed E-state index contributed by atoms with van der Waals surface area (Å²) < 4.78 is 6.03. The Labute approximate surface area is 180 Å². The van der Waals surface area contributed by atoms with Gasteiger partial charge in [0.1, 0.15) is 12.4 Å². The van der Waals surface area contributed by atoms with E-state index in [0.29, 0.717) is 6.61 Å². The Hall–Kier alpha value is -4.12. The Bertz CT molecular complexity index is 1230. The monoisotopic (exact) mass is 411 g/mol. The van der Waals surface area contributed by atoms with Crippen molar-refractivity contribution in [3.8, 4) is 16.9 Å². The van der Waals surface area contributed by atoms with Crippen molar-refractivity contribution in [1.82, 2.24) is 0 Å². The van der Waals surface area contributed by atoms with E-state index >= 15 is 0 Å². The highest BCUT2D eigenvalue weighted by Gasteiger charge is 2.03. The topological polar surface area (TPSA) is 68.1 Å². The normalized spacial score (nSPS) is 11.0. The largest absolute Gasteiger partial charge is 0.489 e. The fraction of sp³-hybridized carbons (Fsp3) is 0.0769. The summed E-state index contributed by atoms with van der Waals surface area (Å²) in [6.45, 7) is 0.0225. The van der Waals surface area contributed by atoms with Crippen LogP contribution in [0.2, 0.25) is 0 Å². The van der Waals surface area contributed by atoms with Gasteiger partial charge in [-0.3, -0.25) is 0 Å². The van der Waals surface area contributed by atoms with E-state index in [4.69, 9.17) is 14.7 Å². The second kappa shape index (κ2) is 9.59. The molecule has 0 aliphatic carbocycles. The second-order valence-corrected chi connectivity index (χ2v) is 7.03. The summed E-state index contributed by atoms with van der Waals surface area (Å²) >= 11 is 0. The molecule has 4 aromatic rings. The molecule has 0 unspecified atom stereocenters. The van der Waals surface area contributed by atoms with Gasteiger partial charge in [-0.1, -0.05) is 71.9 Å². The molecular weight excluding hydrogens is 390 g/mol. The van der Waals surface area contributed by atoms with E-state index in [0.717, 1.165) is 28.0 Å². The highest BCUT2D eigenvalue weighted by molar-refractivity contribution is 5.83. The van der Waals surface area contributed by atoms with Crippen LogP contribution in [0.4, 0.5) is 0 Å². The summed E-state index contributed by atoms with van der Waals surface area (Å²) in [5, 5.41) is 14.7. The third kappa shape index (κ3) is 5.48. The lowest BCUT2D eigenvalue weighted by molar-refractivity contribution is -0.142. The predicted octanol–water partition coefficient (Wildman–Crippen LogP) is 5.52. The molecule has 31 heavy (non-hydrogen) atoms. The number of fused-ring (bicyclic) bond motifs is 1. The van der Waals surface area contributed by atoms with Crippen LogP contribution in [0, 0.1) is 0 Å². The maximum Gasteiger partial charge on any atom is 0.344 e. The highest BCUT2D eigenvalue weighted by Crippen LogP contribution is 2.25. The Balaban J connectivity index is 1.45. The van der Waals surface area contributed by atoms with Crippen molar-refractivity contribution in [3.63, 3.8) is 0 Å². The molecule has 0 spiro atoms. The van der Waals surface area contributed by atoms with Crippen LogP contribution in [0.15, 0.2) is 96.2 Å². The van der Waals surface area contributed by atoms with Gasteiger partial charge in [0.25, 0.3) is 0 Å². The molecule has 0 amide bonds. The van der Waals surface area contributed by atoms with E-state index in [-0.39, 0.29) is 0 Å². The number of aliphatic carboxylic acids is 1. The summed E-state index contributed by atoms with van der Waals surface area (Å²) in [4.78, 5) is 15.2. The van der Waals surface area contributed by atoms with Gasteiger partial charge in [-0.25, -0.2) is 4.79 Å². The average molecular weight is 411 g/mol. The molecule has 0 fully saturated rings. The molecule has 0 aliphatic rings. The molecule has 0 saturated heterocycles. The zero-order valence-corrected chi connectivity index (χ0v) is 16.8. The quantitative estimate of drug-likeness (QED) is 0.306. The minimum Gasteiger partial charge on any atom is -0.489 e. The van der Waals surface area contributed by atoms with Crippen LogP contribution < -0.4 is 4.74 Å². The van der Waals surface area contributed by atoms with Crippen LogP contribution in [0.5, 0.6) is 5.75 Å². The van der Waals surface area contributed by atoms with Gasteiger partial charge in [-0.05, 0) is 57.3 Å². The van der Waals surface area contributed by atoms with Crippen LogP contribution in [-0.4, -0.2) is 23.9 Å². The first kappa shape index (κ1) is 20.2. The van der Waals surface area contributed by atoms with Gasteiger partial charge in [0.2, 0.25) is 6.61 Å². The summed E-state index contributed by atoms with van der Waals surface area (Å²) in [5.41, 5.74) is 3.94. The van der Waals surface area contributed by atoms with Crippen molar-refractivity contribution in [2.75, 3.05) is 6.61 Å². The molecule has 5 nitrogen and oxygen atoms in total. The van der Waals surface area contributed by atoms with Crippen molar-refractivity contribution in [3.05, 3.63) is 102 Å². The van der Waals surface area contributed by atoms with Crippen molar-refractivity contribution >= 4 is 23.0 Å². The number of oxime groups is 1. The second-order valence-electron chi connectivity index (χ2n) is 7.03. The molecule has 4 rings (SSSR count). The van der Waals surface area contributed by atoms with Crippen molar-refractivity contribution in [2.45, 2.75) is 6.61 Å². The van der Waals surface area contributed by atoms with E-state index in [2.05, 4.69) is 35.5 Å². The fourth-order valence-electron chi connectivity index (χ4n) is 3.25. The van der Waals surface area contributed by atoms with Crippen LogP contribution in [-0.2, 0) is 16.2 Å². The molecule has 0 radical (unpaired) electrons. The van der Waals surface area contributed by atoms with E-state index in [1.165, 1.54) is 17.0 Å². The lowest BCUT2D eigenvalue weighted by Crippen LogP contribution is -2.03. The smallest absolute Gasteiger partial charge is 0.344 e. The molecule has 0 heterocycles. The number of carboxylic acids is 1. The molecule has 5 heteroatoms. The van der Waals surface area contributed by atoms with Gasteiger partial charge in [0, 0.05) is 0 Å². The summed E-state index contributed by atoms with van der Waals surface area (Å²) in [6, 6.07) is 30.3. The molecule has 0 aliphatic heterocycles. The predicted molar refractivity (Wildman–Crippen MR) is 121 cm³/mol. The van der Waals surface area contributed by atoms with E-state index < -0.39 is 12.6 Å². The van der Waals surface area contributed by atoms with Gasteiger partial charge >= 0.3 is 5.97 Å². The molecule has 0 saturated carbocycles. The van der Waals surface area contributed by atoms with E-state index in [9.17, 15) is 4.79 Å². The van der Waals surface area contributed by atoms with Gasteiger partial charge in [0.15, 0.2) is 0 Å². The summed E-state index contributed by atoms with van der Waals surface area (Å²) in [5.74, 6) is -0.277. The Morgan fingerprint density at radius 2 is 1.61 bits per heavy atom. The third-order valence-electron chi connectivity index (χ3n) is 4.74. The number of nitrogens with zero attached hydrogens (tertiary/aromatic N) is 1. The maximum absolute atomic E-state index is 10.5. The van der Waals surface area contributed by atoms with Gasteiger partial charge < -0.3 is 14.7 Å². The minimum absolute atomic E-state index is 0.465. The standard InChI is InChI=1S/C26H21NO4/c28-26(29)18-31-27-16-19-5-3-8-23(13-19)24-9-4-10-25(15-24)30-17-20-11-12-21-6-1-2-7-22(21)14-20/h1-16H,17-18H2,(H,28,29). The zero-order valence-electron chi connectivity index (χ0n) is 16.8. The Morgan fingerprint density at radius 1 is 0.839 bits per heavy atom. The Morgan fingerprint density at radius 3 is 2.45 bits per heavy atom. The van der Waals surface area contributed by atoms with E-state index in [1.807, 2.05) is 60.7 Å². The molecule has 154 valence electrons. The molecular formula is C26H21NO4. The van der Waals surface area contributed by atoms with Crippen molar-refractivity contribution in [2.24, 2.45) is 5.16 Å². The molecule has 0 atom stereocenters. The first-order valence-electron chi connectivity index (χ1n) is 9.85. The number of ether oxygens (including phenoxy) is 1. The van der Waals surface area contributed by atoms with Crippen molar-refractivity contribution < 1.29 is 19.5 Å². The minimum atomic E-state index is -1.06. The van der Waals surface area contributed by atoms with Gasteiger partial charge in [-0.15, -0.1) is 0 Å². The van der Waals surface area contributed by atoms with Crippen LogP contribution in [0.3, 0.4) is 0 Å². The number of hydrogen-bond acceptors (Lipinski definition) is 4. The van der Waals surface area contributed by atoms with Crippen LogP contribution in [0.25, 0.3) is 21.9 Å². The number of hydrogen-bond donors (Lipinski definition) is 1. The lowest BCUT2D eigenvalue weighted by Gasteiger charge is -2.10. The van der Waals surface area contributed by atoms with E-state index in [1.54, 1.807) is 0 Å². The number of rotatable bonds is 8. The molecule has 4 aromatic carbocycles. The van der Waals surface area contributed by atoms with Crippen molar-refractivity contribution in [1.29, 1.82) is 0 Å². The van der Waals surface area contributed by atoms with Crippen LogP contribution in [0.1, 0.15) is 11.1 Å². The fourth-order valence-corrected chi connectivity index (χ4v) is 3.25. The number of carbonyl (C=O) groups is 1. The maximum atomic E-state index is 10.5. The van der Waals surface area contributed by atoms with Gasteiger partial charge in [0.05, 0.1) is 6.21 Å². The first-order chi connectivity index (χ1) is 15.2. The number of benzene rings is 4. The average Bonchev–Trinajstić information content (AvgIpc) is 2.81. The highest BCUT2D eigenvalue weighted by atomic mass is 16.6. The molecule has 0 bridgehead atoms. The SMILES string of the molecule is O=C(O)CON=Cc1cccc(-c2cccc(OCc3ccc4ccccc4c3)c2)c1. The zero-order chi connectivity index (χ0) is 21.5. The first-order valence-corrected chi connectivity index (χ1v) is 9.85. The summed E-state index contributed by atoms with van der Waals surface area (Å²) in [6.07, 6.45) is 1.49. The third-order valence-corrected chi connectivity index (χ3v) is 4.74. The molecule has 0 aromatic heterocycles. The van der Waals surface area contributed by atoms with Crippen LogP contribution >= 0.6 is 0 Å². The Kier molecular flexibility index (Phi) is 6.24. The van der Waals surface area contributed by atoms with Gasteiger partial charge in [-0.2, -0.15) is 0 Å². The molecule has 1 N–H and O–H groups in total.